The van der Waals surface area contributed by atoms with Gasteiger partial charge in [-0.05, 0) is 23.3 Å². The van der Waals surface area contributed by atoms with Gasteiger partial charge in [-0.25, -0.2) is 5.01 Å². The van der Waals surface area contributed by atoms with Gasteiger partial charge in [0.25, 0.3) is 5.91 Å². The molecule has 3 rings (SSSR count). The average molecular weight is 417 g/mol. The summed E-state index contributed by atoms with van der Waals surface area (Å²) in [4.78, 5) is 39.8. The smallest absolute Gasteiger partial charge is 0.335 e. The Morgan fingerprint density at radius 3 is 1.55 bits per heavy atom. The number of aliphatic hydroxyl groups is 1. The Labute approximate surface area is 180 Å². The number of nitrogens with one attached hydrogen (secondary N) is 1. The Hall–Kier alpha value is -3.97. The van der Waals surface area contributed by atoms with Crippen LogP contribution in [0.15, 0.2) is 91.0 Å². The third kappa shape index (κ3) is 4.46. The van der Waals surface area contributed by atoms with E-state index < -0.39 is 23.3 Å². The lowest BCUT2D eigenvalue weighted by Crippen LogP contribution is -2.57. The summed E-state index contributed by atoms with van der Waals surface area (Å²) in [5, 5.41) is 12.5. The van der Waals surface area contributed by atoms with Gasteiger partial charge < -0.3 is 10.0 Å². The molecule has 3 aromatic rings. The zero-order valence-corrected chi connectivity index (χ0v) is 17.2. The fourth-order valence-electron chi connectivity index (χ4n) is 3.07. The summed E-state index contributed by atoms with van der Waals surface area (Å²) in [5.74, 6) is -2.67. The summed E-state index contributed by atoms with van der Waals surface area (Å²) in [6, 6.07) is 25.0. The van der Waals surface area contributed by atoms with Crippen molar-refractivity contribution < 1.29 is 19.5 Å². The topological polar surface area (TPSA) is 90.0 Å². The molecule has 0 aliphatic rings. The first-order chi connectivity index (χ1) is 14.9. The third-order valence-electron chi connectivity index (χ3n) is 4.73. The number of rotatable bonds is 4. The van der Waals surface area contributed by atoms with E-state index in [9.17, 15) is 19.5 Å². The normalized spacial score (nSPS) is 10.8. The number of carbonyl (C=O) groups excluding carboxylic acids is 3. The van der Waals surface area contributed by atoms with E-state index in [4.69, 9.17) is 0 Å². The molecule has 0 saturated heterocycles. The molecule has 31 heavy (non-hydrogen) atoms. The first-order valence-electron chi connectivity index (χ1n) is 9.61. The largest absolute Gasteiger partial charge is 0.372 e. The molecule has 158 valence electrons. The number of carbonyl (C=O) groups is 3. The highest BCUT2D eigenvalue weighted by Gasteiger charge is 2.42. The van der Waals surface area contributed by atoms with Gasteiger partial charge in [0.1, 0.15) is 0 Å². The standard InChI is InChI=1S/C24H23N3O4/c1-26(2)21(28)22(29)27(20-16-10-5-11-17-20)25-23(30)24(31,18-12-6-3-7-13-18)19-14-8-4-9-15-19/h3-17,31H,1-2H3,(H,25,30). The maximum atomic E-state index is 13.5. The van der Waals surface area contributed by atoms with E-state index in [0.717, 1.165) is 9.91 Å². The van der Waals surface area contributed by atoms with E-state index in [0.29, 0.717) is 11.1 Å². The summed E-state index contributed by atoms with van der Waals surface area (Å²) in [6.45, 7) is 0. The van der Waals surface area contributed by atoms with Crippen LogP contribution in [-0.4, -0.2) is 41.8 Å². The summed E-state index contributed by atoms with van der Waals surface area (Å²) in [7, 11) is 2.88. The highest BCUT2D eigenvalue weighted by Crippen LogP contribution is 2.30. The van der Waals surface area contributed by atoms with E-state index in [1.54, 1.807) is 91.0 Å². The van der Waals surface area contributed by atoms with Crippen LogP contribution in [0.3, 0.4) is 0 Å². The van der Waals surface area contributed by atoms with Crippen LogP contribution in [0.5, 0.6) is 0 Å². The van der Waals surface area contributed by atoms with Gasteiger partial charge in [-0.1, -0.05) is 78.9 Å². The van der Waals surface area contributed by atoms with Crippen LogP contribution in [0.1, 0.15) is 11.1 Å². The molecule has 7 nitrogen and oxygen atoms in total. The van der Waals surface area contributed by atoms with Crippen LogP contribution < -0.4 is 10.4 Å². The third-order valence-corrected chi connectivity index (χ3v) is 4.73. The average Bonchev–Trinajstić information content (AvgIpc) is 2.82. The lowest BCUT2D eigenvalue weighted by Gasteiger charge is -2.32. The van der Waals surface area contributed by atoms with Gasteiger partial charge in [-0.3, -0.25) is 19.8 Å². The Balaban J connectivity index is 2.05. The molecule has 0 aliphatic carbocycles. The molecular weight excluding hydrogens is 394 g/mol. The molecule has 0 aliphatic heterocycles. The van der Waals surface area contributed by atoms with Gasteiger partial charge in [0.2, 0.25) is 0 Å². The number of nitrogens with zero attached hydrogens (tertiary/aromatic N) is 2. The fraction of sp³-hybridized carbons (Fsp3) is 0.125. The molecule has 0 radical (unpaired) electrons. The molecular formula is C24H23N3O4. The zero-order valence-electron chi connectivity index (χ0n) is 17.2. The highest BCUT2D eigenvalue weighted by molar-refractivity contribution is 6.40. The van der Waals surface area contributed by atoms with Crippen molar-refractivity contribution in [2.75, 3.05) is 19.1 Å². The Bertz CT molecular complexity index is 1010. The van der Waals surface area contributed by atoms with Gasteiger partial charge >= 0.3 is 11.8 Å². The number of hydrogen-bond donors (Lipinski definition) is 2. The maximum Gasteiger partial charge on any atom is 0.335 e. The van der Waals surface area contributed by atoms with Gasteiger partial charge in [0.05, 0.1) is 5.69 Å². The molecule has 0 spiro atoms. The molecule has 7 heteroatoms. The Morgan fingerprint density at radius 2 is 1.13 bits per heavy atom. The van der Waals surface area contributed by atoms with E-state index in [2.05, 4.69) is 5.43 Å². The van der Waals surface area contributed by atoms with Crippen LogP contribution in [0, 0.1) is 0 Å². The van der Waals surface area contributed by atoms with E-state index in [-0.39, 0.29) is 5.69 Å². The van der Waals surface area contributed by atoms with Crippen molar-refractivity contribution in [1.82, 2.24) is 10.3 Å². The van der Waals surface area contributed by atoms with Gasteiger partial charge in [-0.2, -0.15) is 0 Å². The molecule has 3 amide bonds. The zero-order chi connectivity index (χ0) is 22.4. The fourth-order valence-corrected chi connectivity index (χ4v) is 3.07. The maximum absolute atomic E-state index is 13.5. The van der Waals surface area contributed by atoms with Crippen molar-refractivity contribution >= 4 is 23.4 Å². The molecule has 0 saturated carbocycles. The second-order valence-corrected chi connectivity index (χ2v) is 7.06. The van der Waals surface area contributed by atoms with E-state index in [1.165, 1.54) is 14.1 Å². The predicted molar refractivity (Wildman–Crippen MR) is 117 cm³/mol. The molecule has 0 atom stereocenters. The number of hydrogen-bond acceptors (Lipinski definition) is 4. The molecule has 0 fully saturated rings. The number of para-hydroxylation sites is 1. The predicted octanol–water partition coefficient (Wildman–Crippen LogP) is 2.08. The Morgan fingerprint density at radius 1 is 0.710 bits per heavy atom. The minimum Gasteiger partial charge on any atom is -0.372 e. The number of benzene rings is 3. The van der Waals surface area contributed by atoms with Gasteiger partial charge in [-0.15, -0.1) is 0 Å². The van der Waals surface area contributed by atoms with Crippen molar-refractivity contribution in [3.05, 3.63) is 102 Å². The second kappa shape index (κ2) is 9.23. The van der Waals surface area contributed by atoms with Crippen LogP contribution in [0.4, 0.5) is 5.69 Å². The van der Waals surface area contributed by atoms with Crippen LogP contribution in [0.2, 0.25) is 0 Å². The molecule has 0 unspecified atom stereocenters. The first-order valence-corrected chi connectivity index (χ1v) is 9.61. The van der Waals surface area contributed by atoms with Crippen LogP contribution >= 0.6 is 0 Å². The minimum absolute atomic E-state index is 0.277. The SMILES string of the molecule is CN(C)C(=O)C(=O)N(NC(=O)C(O)(c1ccccc1)c1ccccc1)c1ccccc1. The van der Waals surface area contributed by atoms with Crippen molar-refractivity contribution in [2.45, 2.75) is 5.60 Å². The van der Waals surface area contributed by atoms with Crippen LogP contribution in [0.25, 0.3) is 0 Å². The monoisotopic (exact) mass is 417 g/mol. The van der Waals surface area contributed by atoms with E-state index >= 15 is 0 Å². The van der Waals surface area contributed by atoms with Crippen molar-refractivity contribution in [2.24, 2.45) is 0 Å². The quantitative estimate of drug-likeness (QED) is 0.502. The molecule has 3 aromatic carbocycles. The second-order valence-electron chi connectivity index (χ2n) is 7.06. The lowest BCUT2D eigenvalue weighted by molar-refractivity contribution is -0.145. The highest BCUT2D eigenvalue weighted by atomic mass is 16.3. The number of amides is 3. The van der Waals surface area contributed by atoms with Crippen molar-refractivity contribution in [1.29, 1.82) is 0 Å². The first kappa shape index (κ1) is 21.7. The summed E-state index contributed by atoms with van der Waals surface area (Å²) in [6.07, 6.45) is 0. The molecule has 0 heterocycles. The van der Waals surface area contributed by atoms with Gasteiger partial charge in [0, 0.05) is 14.1 Å². The summed E-state index contributed by atoms with van der Waals surface area (Å²) >= 11 is 0. The minimum atomic E-state index is -2.10. The van der Waals surface area contributed by atoms with Crippen molar-refractivity contribution in [3.8, 4) is 0 Å². The summed E-state index contributed by atoms with van der Waals surface area (Å²) < 4.78 is 0. The lowest BCUT2D eigenvalue weighted by atomic mass is 9.85. The summed E-state index contributed by atoms with van der Waals surface area (Å²) in [5.41, 5.74) is 1.27. The van der Waals surface area contributed by atoms with Crippen LogP contribution in [-0.2, 0) is 20.0 Å². The van der Waals surface area contributed by atoms with Crippen molar-refractivity contribution in [3.63, 3.8) is 0 Å². The number of hydrazine groups is 1. The van der Waals surface area contributed by atoms with Gasteiger partial charge in [0.15, 0.2) is 5.60 Å². The molecule has 2 N–H and O–H groups in total. The molecule has 0 aromatic heterocycles. The number of likely N-dealkylation sites (N-methyl/N-ethyl adjacent to an activating group) is 1. The van der Waals surface area contributed by atoms with E-state index in [1.807, 2.05) is 0 Å². The Kier molecular flexibility index (Phi) is 6.47. The molecule has 0 bridgehead atoms. The number of anilines is 1.